The number of benzene rings is 3. The van der Waals surface area contributed by atoms with Crippen LogP contribution in [0.25, 0.3) is 11.3 Å². The summed E-state index contributed by atoms with van der Waals surface area (Å²) in [4.78, 5) is 29.4. The van der Waals surface area contributed by atoms with Crippen molar-refractivity contribution >= 4 is 52.1 Å². The van der Waals surface area contributed by atoms with E-state index in [2.05, 4.69) is 15.5 Å². The van der Waals surface area contributed by atoms with Crippen molar-refractivity contribution < 1.29 is 14.0 Å². The molecule has 5 rings (SSSR count). The average molecular weight is 545 g/mol. The third kappa shape index (κ3) is 6.04. The summed E-state index contributed by atoms with van der Waals surface area (Å²) in [6, 6.07) is 27.7. The van der Waals surface area contributed by atoms with E-state index in [1.807, 2.05) is 71.6 Å². The van der Waals surface area contributed by atoms with E-state index in [-0.39, 0.29) is 16.8 Å². The van der Waals surface area contributed by atoms with E-state index >= 15 is 0 Å². The highest BCUT2D eigenvalue weighted by Crippen LogP contribution is 2.24. The molecule has 9 heteroatoms. The number of anilines is 2. The summed E-state index contributed by atoms with van der Waals surface area (Å²) in [6.07, 6.45) is 0. The van der Waals surface area contributed by atoms with Gasteiger partial charge in [0.25, 0.3) is 11.8 Å². The van der Waals surface area contributed by atoms with Crippen LogP contribution in [0.5, 0.6) is 0 Å². The Morgan fingerprint density at radius 1 is 0.816 bits per heavy atom. The molecule has 0 saturated carbocycles. The Hall–Kier alpha value is -4.14. The molecule has 0 bridgehead atoms. The van der Waals surface area contributed by atoms with E-state index in [1.54, 1.807) is 24.3 Å². The number of rotatable bonds is 5. The van der Waals surface area contributed by atoms with Crippen molar-refractivity contribution in [1.29, 1.82) is 0 Å². The van der Waals surface area contributed by atoms with Gasteiger partial charge < -0.3 is 19.5 Å². The summed E-state index contributed by atoms with van der Waals surface area (Å²) in [5, 5.41) is 6.47. The first-order valence-corrected chi connectivity index (χ1v) is 12.9. The van der Waals surface area contributed by atoms with Crippen molar-refractivity contribution in [3.8, 4) is 11.3 Å². The summed E-state index contributed by atoms with van der Waals surface area (Å²) in [6.45, 7) is 2.83. The number of amides is 2. The first-order valence-electron chi connectivity index (χ1n) is 12.1. The van der Waals surface area contributed by atoms with Gasteiger partial charge in [0.1, 0.15) is 5.76 Å². The quantitative estimate of drug-likeness (QED) is 0.314. The number of halogens is 1. The number of hydrogen-bond donors (Lipinski definition) is 2. The van der Waals surface area contributed by atoms with Gasteiger partial charge in [-0.1, -0.05) is 29.8 Å². The summed E-state index contributed by atoms with van der Waals surface area (Å²) >= 11 is 11.2. The fraction of sp³-hybridized carbons (Fsp3) is 0.138. The van der Waals surface area contributed by atoms with Crippen LogP contribution in [0.15, 0.2) is 95.4 Å². The third-order valence-corrected chi connectivity index (χ3v) is 6.72. The molecule has 0 atom stereocenters. The standard InChI is InChI=1S/C29H25ClN4O3S/c30-22-8-6-20(7-9-22)25-14-15-26(37-25)27(35)32-29(38)31-23-10-12-24(13-11-23)33-16-18-34(19-17-33)28(36)21-4-2-1-3-5-21/h1-15H,16-19H2,(H2,31,32,35,38). The Bertz CT molecular complexity index is 1430. The summed E-state index contributed by atoms with van der Waals surface area (Å²) in [7, 11) is 0. The van der Waals surface area contributed by atoms with Gasteiger partial charge in [0.15, 0.2) is 10.9 Å². The number of nitrogens with one attached hydrogen (secondary N) is 2. The van der Waals surface area contributed by atoms with Gasteiger partial charge >= 0.3 is 0 Å². The van der Waals surface area contributed by atoms with Crippen LogP contribution in [0.2, 0.25) is 5.02 Å². The summed E-state index contributed by atoms with van der Waals surface area (Å²) in [5.74, 6) is 0.337. The zero-order valence-electron chi connectivity index (χ0n) is 20.4. The van der Waals surface area contributed by atoms with E-state index in [4.69, 9.17) is 28.2 Å². The topological polar surface area (TPSA) is 77.8 Å². The van der Waals surface area contributed by atoms with Crippen molar-refractivity contribution in [2.75, 3.05) is 36.4 Å². The molecule has 0 unspecified atom stereocenters. The van der Waals surface area contributed by atoms with Crippen molar-refractivity contribution in [3.05, 3.63) is 107 Å². The maximum atomic E-state index is 12.7. The molecule has 1 aromatic heterocycles. The Morgan fingerprint density at radius 3 is 2.18 bits per heavy atom. The minimum absolute atomic E-state index is 0.0658. The maximum Gasteiger partial charge on any atom is 0.293 e. The normalized spacial score (nSPS) is 13.2. The zero-order valence-corrected chi connectivity index (χ0v) is 22.0. The highest BCUT2D eigenvalue weighted by Gasteiger charge is 2.22. The Labute approximate surface area is 231 Å². The number of hydrogen-bond acceptors (Lipinski definition) is 5. The minimum atomic E-state index is -0.442. The predicted molar refractivity (Wildman–Crippen MR) is 154 cm³/mol. The molecule has 2 amide bonds. The van der Waals surface area contributed by atoms with Crippen molar-refractivity contribution in [3.63, 3.8) is 0 Å². The highest BCUT2D eigenvalue weighted by molar-refractivity contribution is 7.80. The van der Waals surface area contributed by atoms with Gasteiger partial charge in [0, 0.05) is 53.7 Å². The van der Waals surface area contributed by atoms with Crippen LogP contribution in [0.1, 0.15) is 20.9 Å². The Kier molecular flexibility index (Phi) is 7.72. The van der Waals surface area contributed by atoms with Crippen LogP contribution < -0.4 is 15.5 Å². The van der Waals surface area contributed by atoms with Gasteiger partial charge in [-0.25, -0.2) is 0 Å². The predicted octanol–water partition coefficient (Wildman–Crippen LogP) is 5.69. The number of thiocarbonyl (C=S) groups is 1. The van der Waals surface area contributed by atoms with E-state index in [1.165, 1.54) is 0 Å². The van der Waals surface area contributed by atoms with E-state index in [9.17, 15) is 9.59 Å². The average Bonchev–Trinajstić information content (AvgIpc) is 3.45. The largest absolute Gasteiger partial charge is 0.451 e. The molecule has 2 heterocycles. The monoisotopic (exact) mass is 544 g/mol. The molecule has 0 aliphatic carbocycles. The molecule has 192 valence electrons. The van der Waals surface area contributed by atoms with Crippen molar-refractivity contribution in [2.24, 2.45) is 0 Å². The molecule has 7 nitrogen and oxygen atoms in total. The second-order valence-electron chi connectivity index (χ2n) is 8.77. The molecule has 38 heavy (non-hydrogen) atoms. The molecule has 0 spiro atoms. The molecule has 1 aliphatic rings. The van der Waals surface area contributed by atoms with Crippen molar-refractivity contribution in [2.45, 2.75) is 0 Å². The molecule has 4 aromatic rings. The van der Waals surface area contributed by atoms with Crippen molar-refractivity contribution in [1.82, 2.24) is 10.2 Å². The molecule has 3 aromatic carbocycles. The molecular weight excluding hydrogens is 520 g/mol. The lowest BCUT2D eigenvalue weighted by atomic mass is 10.1. The molecule has 1 aliphatic heterocycles. The van der Waals surface area contributed by atoms with Crippen LogP contribution in [0, 0.1) is 0 Å². The number of piperazine rings is 1. The lowest BCUT2D eigenvalue weighted by Crippen LogP contribution is -2.48. The lowest BCUT2D eigenvalue weighted by molar-refractivity contribution is 0.0746. The van der Waals surface area contributed by atoms with E-state index in [0.717, 1.165) is 30.0 Å². The zero-order chi connectivity index (χ0) is 26.5. The number of nitrogens with zero attached hydrogens (tertiary/aromatic N) is 2. The van der Waals surface area contributed by atoms with Gasteiger partial charge in [-0.05, 0) is 85.0 Å². The minimum Gasteiger partial charge on any atom is -0.451 e. The second-order valence-corrected chi connectivity index (χ2v) is 9.62. The second kappa shape index (κ2) is 11.5. The van der Waals surface area contributed by atoms with Gasteiger partial charge in [-0.15, -0.1) is 0 Å². The molecule has 0 radical (unpaired) electrons. The maximum absolute atomic E-state index is 12.7. The Balaban J connectivity index is 1.11. The Morgan fingerprint density at radius 2 is 1.50 bits per heavy atom. The van der Waals surface area contributed by atoms with Gasteiger partial charge in [0.2, 0.25) is 0 Å². The van der Waals surface area contributed by atoms with E-state index < -0.39 is 5.91 Å². The highest BCUT2D eigenvalue weighted by atomic mass is 35.5. The third-order valence-electron chi connectivity index (χ3n) is 6.26. The van der Waals surface area contributed by atoms with Crippen LogP contribution in [0.3, 0.4) is 0 Å². The van der Waals surface area contributed by atoms with Crippen LogP contribution in [-0.2, 0) is 0 Å². The first kappa shape index (κ1) is 25.5. The summed E-state index contributed by atoms with van der Waals surface area (Å²) in [5.41, 5.74) is 3.34. The van der Waals surface area contributed by atoms with Crippen LogP contribution >= 0.6 is 23.8 Å². The van der Waals surface area contributed by atoms with E-state index in [0.29, 0.717) is 29.4 Å². The molecular formula is C29H25ClN4O3S. The first-order chi connectivity index (χ1) is 18.5. The number of carbonyl (C=O) groups is 2. The smallest absolute Gasteiger partial charge is 0.293 e. The molecule has 2 N–H and O–H groups in total. The number of carbonyl (C=O) groups excluding carboxylic acids is 2. The SMILES string of the molecule is O=C(NC(=S)Nc1ccc(N2CCN(C(=O)c3ccccc3)CC2)cc1)c1ccc(-c2ccc(Cl)cc2)o1. The van der Waals surface area contributed by atoms with Crippen LogP contribution in [0.4, 0.5) is 11.4 Å². The van der Waals surface area contributed by atoms with Gasteiger partial charge in [-0.2, -0.15) is 0 Å². The fourth-order valence-corrected chi connectivity index (χ4v) is 4.58. The van der Waals surface area contributed by atoms with Gasteiger partial charge in [0.05, 0.1) is 0 Å². The molecule has 1 saturated heterocycles. The number of furan rings is 1. The van der Waals surface area contributed by atoms with Gasteiger partial charge in [-0.3, -0.25) is 14.9 Å². The van der Waals surface area contributed by atoms with Crippen LogP contribution in [-0.4, -0.2) is 48.0 Å². The lowest BCUT2D eigenvalue weighted by Gasteiger charge is -2.36. The fourth-order valence-electron chi connectivity index (χ4n) is 4.24. The summed E-state index contributed by atoms with van der Waals surface area (Å²) < 4.78 is 5.68. The molecule has 1 fully saturated rings.